The molecule has 1 N–H and O–H groups in total. The van der Waals surface area contributed by atoms with Crippen LogP contribution in [0, 0.1) is 0 Å². The Bertz CT molecular complexity index is 557. The molecule has 0 bridgehead atoms. The number of nitrogens with zero attached hydrogens (tertiary/aromatic N) is 1. The molecule has 1 aromatic carbocycles. The number of H-pyrrole nitrogens is 1. The maximum Gasteiger partial charge on any atom is 0.222 e. The number of benzene rings is 1. The van der Waals surface area contributed by atoms with Crippen LogP contribution in [0.3, 0.4) is 0 Å². The number of amides is 1. The number of fused-ring (bicyclic) bond motifs is 1. The number of carbonyl (C=O) groups excluding carboxylic acids is 1. The molecular formula is C16H22N2O. The second-order valence-corrected chi connectivity index (χ2v) is 5.31. The van der Waals surface area contributed by atoms with Crippen molar-refractivity contribution in [2.75, 3.05) is 7.05 Å². The van der Waals surface area contributed by atoms with Crippen LogP contribution in [0.5, 0.6) is 0 Å². The van der Waals surface area contributed by atoms with Gasteiger partial charge in [0.25, 0.3) is 0 Å². The van der Waals surface area contributed by atoms with E-state index in [1.54, 1.807) is 0 Å². The van der Waals surface area contributed by atoms with E-state index in [1.807, 2.05) is 31.9 Å². The summed E-state index contributed by atoms with van der Waals surface area (Å²) in [6.45, 7) is 4.08. The minimum absolute atomic E-state index is 0.231. The quantitative estimate of drug-likeness (QED) is 0.877. The van der Waals surface area contributed by atoms with Gasteiger partial charge in [-0.15, -0.1) is 0 Å². The lowest BCUT2D eigenvalue weighted by Crippen LogP contribution is -2.32. The van der Waals surface area contributed by atoms with Crippen LogP contribution in [-0.2, 0) is 11.2 Å². The van der Waals surface area contributed by atoms with Crippen LogP contribution in [0.1, 0.15) is 32.3 Å². The van der Waals surface area contributed by atoms with Crippen molar-refractivity contribution in [3.63, 3.8) is 0 Å². The van der Waals surface area contributed by atoms with Gasteiger partial charge in [0.15, 0.2) is 0 Å². The first-order valence-electron chi connectivity index (χ1n) is 6.90. The average molecular weight is 258 g/mol. The van der Waals surface area contributed by atoms with E-state index in [0.717, 1.165) is 12.8 Å². The average Bonchev–Trinajstić information content (AvgIpc) is 2.81. The normalized spacial score (nSPS) is 11.2. The first kappa shape index (κ1) is 13.7. The summed E-state index contributed by atoms with van der Waals surface area (Å²) >= 11 is 0. The minimum Gasteiger partial charge on any atom is -0.361 e. The Balaban J connectivity index is 1.91. The molecule has 1 heterocycles. The Morgan fingerprint density at radius 2 is 2.05 bits per heavy atom. The summed E-state index contributed by atoms with van der Waals surface area (Å²) in [5.41, 5.74) is 2.47. The molecule has 1 amide bonds. The molecule has 0 spiro atoms. The molecular weight excluding hydrogens is 236 g/mol. The second-order valence-electron chi connectivity index (χ2n) is 5.31. The molecule has 0 fully saturated rings. The van der Waals surface area contributed by atoms with Crippen molar-refractivity contribution in [1.29, 1.82) is 0 Å². The summed E-state index contributed by atoms with van der Waals surface area (Å²) < 4.78 is 0. The van der Waals surface area contributed by atoms with Gasteiger partial charge in [-0.05, 0) is 38.3 Å². The highest BCUT2D eigenvalue weighted by Crippen LogP contribution is 2.19. The molecule has 0 aliphatic heterocycles. The molecule has 0 unspecified atom stereocenters. The highest BCUT2D eigenvalue weighted by Gasteiger charge is 2.11. The van der Waals surface area contributed by atoms with Crippen molar-refractivity contribution in [1.82, 2.24) is 9.88 Å². The summed E-state index contributed by atoms with van der Waals surface area (Å²) in [6, 6.07) is 8.57. The van der Waals surface area contributed by atoms with Gasteiger partial charge in [-0.2, -0.15) is 0 Å². The second kappa shape index (κ2) is 5.91. The van der Waals surface area contributed by atoms with Crippen LogP contribution in [0.25, 0.3) is 10.9 Å². The highest BCUT2D eigenvalue weighted by atomic mass is 16.2. The Morgan fingerprint density at radius 1 is 1.32 bits per heavy atom. The van der Waals surface area contributed by atoms with Crippen molar-refractivity contribution >= 4 is 16.8 Å². The number of aromatic amines is 1. The van der Waals surface area contributed by atoms with Gasteiger partial charge in [0.1, 0.15) is 0 Å². The molecule has 3 nitrogen and oxygen atoms in total. The molecule has 2 rings (SSSR count). The predicted molar refractivity (Wildman–Crippen MR) is 79.1 cm³/mol. The topological polar surface area (TPSA) is 36.1 Å². The zero-order valence-corrected chi connectivity index (χ0v) is 11.9. The predicted octanol–water partition coefficient (Wildman–Crippen LogP) is 3.36. The fraction of sp³-hybridized carbons (Fsp3) is 0.438. The molecule has 0 atom stereocenters. The lowest BCUT2D eigenvalue weighted by molar-refractivity contribution is -0.131. The monoisotopic (exact) mass is 258 g/mol. The fourth-order valence-corrected chi connectivity index (χ4v) is 2.23. The number of hydrogen-bond donors (Lipinski definition) is 1. The van der Waals surface area contributed by atoms with Gasteiger partial charge in [0.2, 0.25) is 5.91 Å². The van der Waals surface area contributed by atoms with Crippen LogP contribution < -0.4 is 0 Å². The third kappa shape index (κ3) is 3.16. The van der Waals surface area contributed by atoms with Crippen molar-refractivity contribution in [2.45, 2.75) is 39.2 Å². The standard InChI is InChI=1S/C16H22N2O/c1-12(2)18(3)16(19)10-6-7-13-11-17-15-9-5-4-8-14(13)15/h4-5,8-9,11-12,17H,6-7,10H2,1-3H3. The van der Waals surface area contributed by atoms with E-state index in [4.69, 9.17) is 0 Å². The molecule has 1 aromatic heterocycles. The van der Waals surface area contributed by atoms with E-state index in [2.05, 4.69) is 29.4 Å². The van der Waals surface area contributed by atoms with E-state index in [1.165, 1.54) is 16.5 Å². The Morgan fingerprint density at radius 3 is 2.79 bits per heavy atom. The van der Waals surface area contributed by atoms with E-state index >= 15 is 0 Å². The van der Waals surface area contributed by atoms with Gasteiger partial charge in [0.05, 0.1) is 0 Å². The minimum atomic E-state index is 0.231. The maximum atomic E-state index is 11.9. The van der Waals surface area contributed by atoms with Gasteiger partial charge >= 0.3 is 0 Å². The van der Waals surface area contributed by atoms with E-state index in [-0.39, 0.29) is 11.9 Å². The Kier molecular flexibility index (Phi) is 4.25. The van der Waals surface area contributed by atoms with Crippen LogP contribution >= 0.6 is 0 Å². The molecule has 0 saturated heterocycles. The van der Waals surface area contributed by atoms with Crippen molar-refractivity contribution in [3.05, 3.63) is 36.0 Å². The smallest absolute Gasteiger partial charge is 0.222 e. The first-order chi connectivity index (χ1) is 9.09. The number of rotatable bonds is 5. The van der Waals surface area contributed by atoms with E-state index in [9.17, 15) is 4.79 Å². The summed E-state index contributed by atoms with van der Waals surface area (Å²) in [5.74, 6) is 0.231. The zero-order chi connectivity index (χ0) is 13.8. The summed E-state index contributed by atoms with van der Waals surface area (Å²) in [7, 11) is 1.87. The molecule has 2 aromatic rings. The van der Waals surface area contributed by atoms with Gasteiger partial charge in [0, 0.05) is 36.6 Å². The third-order valence-corrected chi connectivity index (χ3v) is 3.68. The van der Waals surface area contributed by atoms with Crippen molar-refractivity contribution in [2.24, 2.45) is 0 Å². The lowest BCUT2D eigenvalue weighted by Gasteiger charge is -2.21. The van der Waals surface area contributed by atoms with Crippen LogP contribution in [0.2, 0.25) is 0 Å². The number of hydrogen-bond acceptors (Lipinski definition) is 1. The zero-order valence-electron chi connectivity index (χ0n) is 11.9. The molecule has 19 heavy (non-hydrogen) atoms. The maximum absolute atomic E-state index is 11.9. The van der Waals surface area contributed by atoms with Crippen molar-refractivity contribution in [3.8, 4) is 0 Å². The third-order valence-electron chi connectivity index (χ3n) is 3.68. The van der Waals surface area contributed by atoms with Crippen LogP contribution in [0.4, 0.5) is 0 Å². The number of aromatic nitrogens is 1. The summed E-state index contributed by atoms with van der Waals surface area (Å²) in [5, 5.41) is 1.27. The first-order valence-corrected chi connectivity index (χ1v) is 6.90. The van der Waals surface area contributed by atoms with Gasteiger partial charge in [-0.25, -0.2) is 0 Å². The highest BCUT2D eigenvalue weighted by molar-refractivity contribution is 5.83. The lowest BCUT2D eigenvalue weighted by atomic mass is 10.1. The molecule has 102 valence electrons. The molecule has 3 heteroatoms. The fourth-order valence-electron chi connectivity index (χ4n) is 2.23. The number of para-hydroxylation sites is 1. The van der Waals surface area contributed by atoms with Gasteiger partial charge < -0.3 is 9.88 Å². The van der Waals surface area contributed by atoms with Crippen LogP contribution in [-0.4, -0.2) is 28.9 Å². The SMILES string of the molecule is CC(C)N(C)C(=O)CCCc1c[nH]c2ccccc12. The summed E-state index contributed by atoms with van der Waals surface area (Å²) in [4.78, 5) is 17.0. The van der Waals surface area contributed by atoms with Crippen molar-refractivity contribution < 1.29 is 4.79 Å². The molecule has 0 radical (unpaired) electrons. The molecule has 0 aliphatic rings. The van der Waals surface area contributed by atoms with E-state index < -0.39 is 0 Å². The Labute approximate surface area is 114 Å². The number of carbonyl (C=O) groups is 1. The largest absolute Gasteiger partial charge is 0.361 e. The van der Waals surface area contributed by atoms with Gasteiger partial charge in [-0.3, -0.25) is 4.79 Å². The number of aryl methyl sites for hydroxylation is 1. The molecule has 0 aliphatic carbocycles. The van der Waals surface area contributed by atoms with Crippen LogP contribution in [0.15, 0.2) is 30.5 Å². The van der Waals surface area contributed by atoms with Gasteiger partial charge in [-0.1, -0.05) is 18.2 Å². The molecule has 0 saturated carbocycles. The van der Waals surface area contributed by atoms with E-state index in [0.29, 0.717) is 6.42 Å². The summed E-state index contributed by atoms with van der Waals surface area (Å²) in [6.07, 6.45) is 4.52. The Hall–Kier alpha value is -1.77. The number of nitrogens with one attached hydrogen (secondary N) is 1.